The van der Waals surface area contributed by atoms with Crippen molar-refractivity contribution in [2.45, 2.75) is 52.2 Å². The summed E-state index contributed by atoms with van der Waals surface area (Å²) in [6.07, 6.45) is 1.92. The molecule has 3 aromatic rings. The molecule has 208 valence electrons. The van der Waals surface area contributed by atoms with E-state index in [0.29, 0.717) is 22.7 Å². The molecule has 1 atom stereocenters. The number of para-hydroxylation sites is 1. The van der Waals surface area contributed by atoms with Gasteiger partial charge in [0.15, 0.2) is 0 Å². The largest absolute Gasteiger partial charge is 0.352 e. The van der Waals surface area contributed by atoms with Gasteiger partial charge in [-0.25, -0.2) is 8.42 Å². The maximum Gasteiger partial charge on any atom is 0.244 e. The third kappa shape index (κ3) is 8.31. The van der Waals surface area contributed by atoms with Gasteiger partial charge in [0.25, 0.3) is 0 Å². The standard InChI is InChI=1S/C30H36ClN3O4S/c1-5-24-15-10-12-18-27(24)34(39(4,37)38)21-29(35)33(20-25-16-9-11-17-26(25)31)28(30(36)32-22(2)3)19-23-13-7-6-8-14-23/h6-18,22,28H,5,19-21H2,1-4H3,(H,32,36)/t28-/m1/s1. The molecule has 0 radical (unpaired) electrons. The van der Waals surface area contributed by atoms with Crippen LogP contribution in [0, 0.1) is 0 Å². The fourth-order valence-electron chi connectivity index (χ4n) is 4.39. The predicted octanol–water partition coefficient (Wildman–Crippen LogP) is 4.83. The lowest BCUT2D eigenvalue weighted by molar-refractivity contribution is -0.140. The smallest absolute Gasteiger partial charge is 0.244 e. The van der Waals surface area contributed by atoms with E-state index in [1.165, 1.54) is 4.90 Å². The molecule has 1 N–H and O–H groups in total. The zero-order valence-electron chi connectivity index (χ0n) is 22.8. The Kier molecular flexibility index (Phi) is 10.5. The Morgan fingerprint density at radius 3 is 2.08 bits per heavy atom. The van der Waals surface area contributed by atoms with Gasteiger partial charge in [0.05, 0.1) is 11.9 Å². The quantitative estimate of drug-likeness (QED) is 0.338. The fourth-order valence-corrected chi connectivity index (χ4v) is 5.47. The van der Waals surface area contributed by atoms with E-state index in [1.54, 1.807) is 30.3 Å². The van der Waals surface area contributed by atoms with Crippen molar-refractivity contribution in [1.82, 2.24) is 10.2 Å². The molecular formula is C30H36ClN3O4S. The number of carbonyl (C=O) groups is 2. The first-order valence-electron chi connectivity index (χ1n) is 12.9. The molecule has 0 heterocycles. The van der Waals surface area contributed by atoms with E-state index < -0.39 is 28.5 Å². The van der Waals surface area contributed by atoms with E-state index in [1.807, 2.05) is 69.3 Å². The van der Waals surface area contributed by atoms with Crippen molar-refractivity contribution in [1.29, 1.82) is 0 Å². The number of aryl methyl sites for hydroxylation is 1. The highest BCUT2D eigenvalue weighted by Gasteiger charge is 2.33. The Morgan fingerprint density at radius 1 is 0.897 bits per heavy atom. The minimum absolute atomic E-state index is 0.0363. The van der Waals surface area contributed by atoms with Crippen molar-refractivity contribution in [3.05, 3.63) is 101 Å². The van der Waals surface area contributed by atoms with Crippen LogP contribution in [-0.2, 0) is 39.0 Å². The highest BCUT2D eigenvalue weighted by molar-refractivity contribution is 7.92. The second-order valence-corrected chi connectivity index (χ2v) is 12.0. The Morgan fingerprint density at radius 2 is 1.49 bits per heavy atom. The summed E-state index contributed by atoms with van der Waals surface area (Å²) < 4.78 is 27.0. The number of benzene rings is 3. The van der Waals surface area contributed by atoms with E-state index in [4.69, 9.17) is 11.6 Å². The highest BCUT2D eigenvalue weighted by Crippen LogP contribution is 2.25. The van der Waals surface area contributed by atoms with E-state index in [-0.39, 0.29) is 24.9 Å². The van der Waals surface area contributed by atoms with Gasteiger partial charge in [0, 0.05) is 24.0 Å². The molecule has 0 aliphatic heterocycles. The van der Waals surface area contributed by atoms with E-state index in [0.717, 1.165) is 21.7 Å². The SMILES string of the molecule is CCc1ccccc1N(CC(=O)N(Cc1ccccc1Cl)[C@H](Cc1ccccc1)C(=O)NC(C)C)S(C)(=O)=O. The molecule has 3 rings (SSSR count). The van der Waals surface area contributed by atoms with Gasteiger partial charge in [0.1, 0.15) is 12.6 Å². The van der Waals surface area contributed by atoms with Crippen LogP contribution in [0.25, 0.3) is 0 Å². The lowest BCUT2D eigenvalue weighted by Gasteiger charge is -2.34. The van der Waals surface area contributed by atoms with Crippen molar-refractivity contribution >= 4 is 39.1 Å². The first kappa shape index (κ1) is 30.2. The monoisotopic (exact) mass is 569 g/mol. The number of hydrogen-bond acceptors (Lipinski definition) is 4. The van der Waals surface area contributed by atoms with Crippen LogP contribution in [0.5, 0.6) is 0 Å². The summed E-state index contributed by atoms with van der Waals surface area (Å²) in [5.41, 5.74) is 2.77. The van der Waals surface area contributed by atoms with E-state index in [9.17, 15) is 18.0 Å². The molecule has 39 heavy (non-hydrogen) atoms. The van der Waals surface area contributed by atoms with Gasteiger partial charge >= 0.3 is 0 Å². The third-order valence-corrected chi connectivity index (χ3v) is 7.82. The van der Waals surface area contributed by atoms with Crippen molar-refractivity contribution in [2.24, 2.45) is 0 Å². The maximum absolute atomic E-state index is 14.1. The number of carbonyl (C=O) groups excluding carboxylic acids is 2. The number of sulfonamides is 1. The van der Waals surface area contributed by atoms with Crippen molar-refractivity contribution < 1.29 is 18.0 Å². The number of nitrogens with one attached hydrogen (secondary N) is 1. The molecule has 0 bridgehead atoms. The van der Waals surface area contributed by atoms with Gasteiger partial charge in [-0.1, -0.05) is 85.3 Å². The van der Waals surface area contributed by atoms with Crippen molar-refractivity contribution in [3.8, 4) is 0 Å². The highest BCUT2D eigenvalue weighted by atomic mass is 35.5. The topological polar surface area (TPSA) is 86.8 Å². The minimum atomic E-state index is -3.82. The lowest BCUT2D eigenvalue weighted by Crippen LogP contribution is -2.54. The summed E-state index contributed by atoms with van der Waals surface area (Å²) in [5, 5.41) is 3.39. The van der Waals surface area contributed by atoms with Gasteiger partial charge in [0.2, 0.25) is 21.8 Å². The van der Waals surface area contributed by atoms with Crippen LogP contribution in [0.4, 0.5) is 5.69 Å². The number of hydrogen-bond donors (Lipinski definition) is 1. The Hall–Kier alpha value is -3.36. The van der Waals surface area contributed by atoms with Crippen LogP contribution in [0.3, 0.4) is 0 Å². The Balaban J connectivity index is 2.09. The summed E-state index contributed by atoms with van der Waals surface area (Å²) in [7, 11) is -3.82. The molecule has 0 saturated heterocycles. The summed E-state index contributed by atoms with van der Waals surface area (Å²) in [5.74, 6) is -0.833. The molecule has 7 nitrogen and oxygen atoms in total. The third-order valence-electron chi connectivity index (χ3n) is 6.32. The molecule has 0 spiro atoms. The van der Waals surface area contributed by atoms with Crippen molar-refractivity contribution in [2.75, 3.05) is 17.1 Å². The molecule has 2 amide bonds. The number of nitrogens with zero attached hydrogens (tertiary/aromatic N) is 2. The second-order valence-electron chi connectivity index (χ2n) is 9.73. The van der Waals surface area contributed by atoms with Gasteiger partial charge in [-0.3, -0.25) is 13.9 Å². The van der Waals surface area contributed by atoms with Crippen molar-refractivity contribution in [3.63, 3.8) is 0 Å². The summed E-state index contributed by atoms with van der Waals surface area (Å²) in [6.45, 7) is 5.21. The van der Waals surface area contributed by atoms with Gasteiger partial charge in [-0.15, -0.1) is 0 Å². The molecule has 0 unspecified atom stereocenters. The number of rotatable bonds is 12. The zero-order valence-corrected chi connectivity index (χ0v) is 24.4. The number of amides is 2. The first-order valence-corrected chi connectivity index (χ1v) is 15.2. The minimum Gasteiger partial charge on any atom is -0.352 e. The maximum atomic E-state index is 14.1. The first-order chi connectivity index (χ1) is 18.5. The Labute approximate surface area is 236 Å². The Bertz CT molecular complexity index is 1380. The second kappa shape index (κ2) is 13.6. The number of anilines is 1. The lowest BCUT2D eigenvalue weighted by atomic mass is 10.0. The van der Waals surface area contributed by atoms with Crippen LogP contribution in [0.1, 0.15) is 37.5 Å². The van der Waals surface area contributed by atoms with Crippen LogP contribution >= 0.6 is 11.6 Å². The molecule has 0 saturated carbocycles. The van der Waals surface area contributed by atoms with Crippen LogP contribution in [-0.4, -0.2) is 50.0 Å². The summed E-state index contributed by atoms with van der Waals surface area (Å²) in [4.78, 5) is 29.1. The molecule has 0 fully saturated rings. The normalized spacial score (nSPS) is 12.2. The molecule has 0 aliphatic rings. The molecule has 9 heteroatoms. The van der Waals surface area contributed by atoms with Gasteiger partial charge in [-0.2, -0.15) is 0 Å². The average molecular weight is 570 g/mol. The van der Waals surface area contributed by atoms with Crippen LogP contribution < -0.4 is 9.62 Å². The average Bonchev–Trinajstić information content (AvgIpc) is 2.89. The zero-order chi connectivity index (χ0) is 28.6. The molecule has 3 aromatic carbocycles. The van der Waals surface area contributed by atoms with Crippen LogP contribution in [0.15, 0.2) is 78.9 Å². The summed E-state index contributed by atoms with van der Waals surface area (Å²) >= 11 is 6.47. The summed E-state index contributed by atoms with van der Waals surface area (Å²) in [6, 6.07) is 22.6. The van der Waals surface area contributed by atoms with E-state index in [2.05, 4.69) is 5.32 Å². The van der Waals surface area contributed by atoms with Gasteiger partial charge in [-0.05, 0) is 49.1 Å². The molecule has 0 aliphatic carbocycles. The van der Waals surface area contributed by atoms with Crippen LogP contribution in [0.2, 0.25) is 5.02 Å². The number of halogens is 1. The van der Waals surface area contributed by atoms with E-state index >= 15 is 0 Å². The van der Waals surface area contributed by atoms with Gasteiger partial charge < -0.3 is 10.2 Å². The molecule has 0 aromatic heterocycles. The fraction of sp³-hybridized carbons (Fsp3) is 0.333. The predicted molar refractivity (Wildman–Crippen MR) is 157 cm³/mol. The molecular weight excluding hydrogens is 534 g/mol.